The van der Waals surface area contributed by atoms with Gasteiger partial charge < -0.3 is 10.4 Å². The number of hydrogen-bond acceptors (Lipinski definition) is 3. The molecule has 2 N–H and O–H groups in total. The molecule has 1 aliphatic carbocycles. The highest BCUT2D eigenvalue weighted by Gasteiger charge is 2.18. The molecule has 0 saturated heterocycles. The van der Waals surface area contributed by atoms with E-state index >= 15 is 0 Å². The van der Waals surface area contributed by atoms with E-state index in [1.54, 1.807) is 6.92 Å². The Hall–Kier alpha value is -0.220. The lowest BCUT2D eigenvalue weighted by Gasteiger charge is -2.25. The monoisotopic (exact) mass is 231 g/mol. The van der Waals surface area contributed by atoms with Crippen molar-refractivity contribution in [3.8, 4) is 0 Å². The quantitative estimate of drug-likeness (QED) is 0.726. The summed E-state index contributed by atoms with van der Waals surface area (Å²) in [6, 6.07) is 0. The molecule has 1 saturated carbocycles. The van der Waals surface area contributed by atoms with Gasteiger partial charge in [0.15, 0.2) is 0 Å². The van der Waals surface area contributed by atoms with Gasteiger partial charge in [-0.15, -0.1) is 11.8 Å². The molecule has 1 rings (SSSR count). The molecule has 2 atom stereocenters. The number of rotatable bonds is 6. The molecule has 1 fully saturated rings. The second-order valence-electron chi connectivity index (χ2n) is 4.36. The van der Waals surface area contributed by atoms with Crippen LogP contribution in [0.5, 0.6) is 0 Å². The Morgan fingerprint density at radius 1 is 1.53 bits per heavy atom. The summed E-state index contributed by atoms with van der Waals surface area (Å²) in [5, 5.41) is 12.3. The number of nitrogens with one attached hydrogen (secondary N) is 1. The topological polar surface area (TPSA) is 49.3 Å². The Morgan fingerprint density at radius 2 is 2.20 bits per heavy atom. The summed E-state index contributed by atoms with van der Waals surface area (Å²) in [6.45, 7) is 4.53. The van der Waals surface area contributed by atoms with Gasteiger partial charge in [0.05, 0.1) is 11.9 Å². The summed E-state index contributed by atoms with van der Waals surface area (Å²) >= 11 is 1.51. The van der Waals surface area contributed by atoms with Crippen LogP contribution in [0, 0.1) is 5.92 Å². The molecule has 0 aromatic carbocycles. The first-order chi connectivity index (χ1) is 7.09. The number of thioether (sulfide) groups is 1. The Balaban J connectivity index is 2.02. The number of hydrogen-bond donors (Lipinski definition) is 2. The Bertz CT molecular complexity index is 205. The second kappa shape index (κ2) is 6.38. The number of amides is 1. The van der Waals surface area contributed by atoms with E-state index in [1.807, 2.05) is 6.92 Å². The largest absolute Gasteiger partial charge is 0.392 e. The fourth-order valence-corrected chi connectivity index (χ4v) is 2.15. The predicted molar refractivity (Wildman–Crippen MR) is 64.0 cm³/mol. The minimum Gasteiger partial charge on any atom is -0.392 e. The van der Waals surface area contributed by atoms with Gasteiger partial charge >= 0.3 is 0 Å². The third-order valence-electron chi connectivity index (χ3n) is 2.97. The van der Waals surface area contributed by atoms with Crippen LogP contribution < -0.4 is 5.32 Å². The molecule has 0 heterocycles. The van der Waals surface area contributed by atoms with Crippen molar-refractivity contribution < 1.29 is 9.90 Å². The molecule has 0 radical (unpaired) electrons. The molecule has 1 amide bonds. The molecule has 15 heavy (non-hydrogen) atoms. The number of aliphatic hydroxyl groups excluding tert-OH is 1. The molecule has 0 aliphatic heterocycles. The lowest BCUT2D eigenvalue weighted by atomic mass is 9.85. The lowest BCUT2D eigenvalue weighted by molar-refractivity contribution is -0.118. The molecule has 0 aromatic rings. The summed E-state index contributed by atoms with van der Waals surface area (Å²) in [5.74, 6) is 1.27. The normalized spacial score (nSPS) is 20.5. The highest BCUT2D eigenvalue weighted by molar-refractivity contribution is 8.00. The van der Waals surface area contributed by atoms with Gasteiger partial charge in [-0.05, 0) is 25.7 Å². The van der Waals surface area contributed by atoms with Crippen molar-refractivity contribution in [1.82, 2.24) is 5.32 Å². The van der Waals surface area contributed by atoms with Crippen LogP contribution in [0.25, 0.3) is 0 Å². The SMILES string of the molecule is C[C@@H](O)[C@@H](C)SCC(=O)NCC1CCC1. The molecule has 1 aliphatic rings. The van der Waals surface area contributed by atoms with Crippen LogP contribution >= 0.6 is 11.8 Å². The zero-order valence-electron chi connectivity index (χ0n) is 9.53. The van der Waals surface area contributed by atoms with Crippen molar-refractivity contribution in [3.05, 3.63) is 0 Å². The number of aliphatic hydroxyl groups is 1. The van der Waals surface area contributed by atoms with Crippen molar-refractivity contribution in [2.24, 2.45) is 5.92 Å². The summed E-state index contributed by atoms with van der Waals surface area (Å²) in [4.78, 5) is 11.4. The van der Waals surface area contributed by atoms with E-state index in [9.17, 15) is 9.90 Å². The first kappa shape index (κ1) is 12.8. The Morgan fingerprint density at radius 3 is 2.67 bits per heavy atom. The summed E-state index contributed by atoms with van der Waals surface area (Å²) in [7, 11) is 0. The van der Waals surface area contributed by atoms with Crippen molar-refractivity contribution in [1.29, 1.82) is 0 Å². The van der Waals surface area contributed by atoms with Crippen LogP contribution in [-0.4, -0.2) is 34.7 Å². The third-order valence-corrected chi connectivity index (χ3v) is 4.32. The highest BCUT2D eigenvalue weighted by atomic mass is 32.2. The number of carbonyl (C=O) groups excluding carboxylic acids is 1. The molecule has 0 aromatic heterocycles. The van der Waals surface area contributed by atoms with E-state index in [0.717, 1.165) is 6.54 Å². The third kappa shape index (κ3) is 4.89. The van der Waals surface area contributed by atoms with Crippen LogP contribution in [0.4, 0.5) is 0 Å². The van der Waals surface area contributed by atoms with Gasteiger partial charge in [-0.25, -0.2) is 0 Å². The number of carbonyl (C=O) groups is 1. The maximum absolute atomic E-state index is 11.4. The standard InChI is InChI=1S/C11H21NO2S/c1-8(13)9(2)15-7-11(14)12-6-10-4-3-5-10/h8-10,13H,3-7H2,1-2H3,(H,12,14)/t8-,9-/m1/s1. The van der Waals surface area contributed by atoms with Crippen molar-refractivity contribution in [2.45, 2.75) is 44.5 Å². The molecule has 0 bridgehead atoms. The van der Waals surface area contributed by atoms with Gasteiger partial charge in [0.1, 0.15) is 0 Å². The fourth-order valence-electron chi connectivity index (χ4n) is 1.35. The zero-order chi connectivity index (χ0) is 11.3. The fraction of sp³-hybridized carbons (Fsp3) is 0.909. The zero-order valence-corrected chi connectivity index (χ0v) is 10.3. The first-order valence-electron chi connectivity index (χ1n) is 5.66. The maximum Gasteiger partial charge on any atom is 0.230 e. The summed E-state index contributed by atoms with van der Waals surface area (Å²) < 4.78 is 0. The van der Waals surface area contributed by atoms with Gasteiger partial charge in [-0.1, -0.05) is 13.3 Å². The van der Waals surface area contributed by atoms with Gasteiger partial charge in [-0.2, -0.15) is 0 Å². The average molecular weight is 231 g/mol. The van der Waals surface area contributed by atoms with E-state index in [-0.39, 0.29) is 17.3 Å². The van der Waals surface area contributed by atoms with E-state index in [2.05, 4.69) is 5.32 Å². The lowest BCUT2D eigenvalue weighted by Crippen LogP contribution is -2.33. The molecular weight excluding hydrogens is 210 g/mol. The average Bonchev–Trinajstić information content (AvgIpc) is 2.11. The summed E-state index contributed by atoms with van der Waals surface area (Å²) in [6.07, 6.45) is 3.48. The van der Waals surface area contributed by atoms with Gasteiger partial charge in [0.2, 0.25) is 5.91 Å². The summed E-state index contributed by atoms with van der Waals surface area (Å²) in [5.41, 5.74) is 0. The van der Waals surface area contributed by atoms with E-state index in [1.165, 1.54) is 31.0 Å². The predicted octanol–water partition coefficient (Wildman–Crippen LogP) is 1.41. The maximum atomic E-state index is 11.4. The van der Waals surface area contributed by atoms with Crippen LogP contribution in [0.1, 0.15) is 33.1 Å². The van der Waals surface area contributed by atoms with Crippen molar-refractivity contribution >= 4 is 17.7 Å². The molecular formula is C11H21NO2S. The van der Waals surface area contributed by atoms with Gasteiger partial charge in [0, 0.05) is 11.8 Å². The molecule has 0 unspecified atom stereocenters. The van der Waals surface area contributed by atoms with Crippen LogP contribution in [0.15, 0.2) is 0 Å². The Labute approximate surface area is 96.0 Å². The first-order valence-corrected chi connectivity index (χ1v) is 6.71. The van der Waals surface area contributed by atoms with Crippen LogP contribution in [0.2, 0.25) is 0 Å². The van der Waals surface area contributed by atoms with E-state index in [0.29, 0.717) is 11.7 Å². The van der Waals surface area contributed by atoms with E-state index in [4.69, 9.17) is 0 Å². The van der Waals surface area contributed by atoms with Crippen LogP contribution in [-0.2, 0) is 4.79 Å². The molecule has 4 heteroatoms. The van der Waals surface area contributed by atoms with Crippen LogP contribution in [0.3, 0.4) is 0 Å². The van der Waals surface area contributed by atoms with Crippen molar-refractivity contribution in [2.75, 3.05) is 12.3 Å². The minimum atomic E-state index is -0.352. The molecule has 88 valence electrons. The molecule has 3 nitrogen and oxygen atoms in total. The second-order valence-corrected chi connectivity index (χ2v) is 5.72. The van der Waals surface area contributed by atoms with Gasteiger partial charge in [-0.3, -0.25) is 4.79 Å². The van der Waals surface area contributed by atoms with Crippen molar-refractivity contribution in [3.63, 3.8) is 0 Å². The smallest absolute Gasteiger partial charge is 0.230 e. The highest BCUT2D eigenvalue weighted by Crippen LogP contribution is 2.25. The minimum absolute atomic E-state index is 0.0967. The van der Waals surface area contributed by atoms with E-state index < -0.39 is 0 Å². The Kier molecular flexibility index (Phi) is 5.47. The van der Waals surface area contributed by atoms with Gasteiger partial charge in [0.25, 0.3) is 0 Å². The molecule has 0 spiro atoms.